The maximum Gasteiger partial charge on any atom is 0.310 e. The van der Waals surface area contributed by atoms with Gasteiger partial charge in [0.1, 0.15) is 6.10 Å². The van der Waals surface area contributed by atoms with Crippen LogP contribution in [0.5, 0.6) is 0 Å². The fourth-order valence-electron chi connectivity index (χ4n) is 4.81. The van der Waals surface area contributed by atoms with Crippen molar-refractivity contribution in [1.29, 1.82) is 0 Å². The van der Waals surface area contributed by atoms with E-state index in [0.717, 1.165) is 44.9 Å². The van der Waals surface area contributed by atoms with Crippen LogP contribution in [0.15, 0.2) is 72.9 Å². The first-order valence-corrected chi connectivity index (χ1v) is 18.5. The van der Waals surface area contributed by atoms with Gasteiger partial charge in [-0.05, 0) is 64.2 Å². The monoisotopic (exact) mass is 627 g/mol. The Labute approximate surface area is 278 Å². The first-order chi connectivity index (χ1) is 22.2. The maximum atomic E-state index is 12.1. The van der Waals surface area contributed by atoms with E-state index in [4.69, 9.17) is 9.47 Å². The van der Waals surface area contributed by atoms with Crippen molar-refractivity contribution in [2.75, 3.05) is 19.8 Å². The van der Waals surface area contributed by atoms with Crippen LogP contribution in [0.1, 0.15) is 155 Å². The third-order valence-corrected chi connectivity index (χ3v) is 7.55. The molecule has 1 unspecified atom stereocenters. The Morgan fingerprint density at radius 3 is 1.49 bits per heavy atom. The lowest BCUT2D eigenvalue weighted by Gasteiger charge is -2.15. The Morgan fingerprint density at radius 1 is 0.556 bits per heavy atom. The van der Waals surface area contributed by atoms with Gasteiger partial charge >= 0.3 is 5.97 Å². The zero-order valence-electron chi connectivity index (χ0n) is 29.4. The van der Waals surface area contributed by atoms with Gasteiger partial charge in [0.15, 0.2) is 0 Å². The molecule has 258 valence electrons. The van der Waals surface area contributed by atoms with Crippen LogP contribution in [-0.2, 0) is 14.3 Å². The molecule has 0 saturated carbocycles. The van der Waals surface area contributed by atoms with Gasteiger partial charge in [0.25, 0.3) is 0 Å². The fourth-order valence-corrected chi connectivity index (χ4v) is 4.81. The standard InChI is InChI=1S/C41H70O4/c1-3-5-7-9-11-13-15-17-19-20-21-23-25-27-29-31-33-35-37-44-39-40(38-42)45-41(43)36-34-32-30-28-26-24-22-18-16-14-12-10-8-6-4-2/h6,8,12,14,17-19,22,26,28,32,34,40,42H,3-5,7,9-11,13,15-16,20-21,23-25,27,29-31,33,35-39H2,1-2H3/b8-6-,14-12-,19-17-,22-18-,28-26-,34-32-. The summed E-state index contributed by atoms with van der Waals surface area (Å²) >= 11 is 0. The lowest BCUT2D eigenvalue weighted by Crippen LogP contribution is -2.27. The van der Waals surface area contributed by atoms with Crippen molar-refractivity contribution in [2.24, 2.45) is 0 Å². The second kappa shape index (κ2) is 38.0. The number of ether oxygens (including phenoxy) is 2. The van der Waals surface area contributed by atoms with Crippen molar-refractivity contribution in [3.63, 3.8) is 0 Å². The van der Waals surface area contributed by atoms with Gasteiger partial charge in [-0.15, -0.1) is 0 Å². The van der Waals surface area contributed by atoms with Crippen LogP contribution in [0, 0.1) is 0 Å². The van der Waals surface area contributed by atoms with Crippen molar-refractivity contribution < 1.29 is 19.4 Å². The Morgan fingerprint density at radius 2 is 1.00 bits per heavy atom. The molecule has 0 aliphatic carbocycles. The molecule has 0 aromatic heterocycles. The third-order valence-electron chi connectivity index (χ3n) is 7.55. The number of allylic oxidation sites excluding steroid dienone is 11. The van der Waals surface area contributed by atoms with Gasteiger partial charge in [0.2, 0.25) is 0 Å². The van der Waals surface area contributed by atoms with Crippen LogP contribution in [0.25, 0.3) is 0 Å². The largest absolute Gasteiger partial charge is 0.457 e. The number of unbranched alkanes of at least 4 members (excludes halogenated alkanes) is 14. The Bertz CT molecular complexity index is 789. The summed E-state index contributed by atoms with van der Waals surface area (Å²) in [6.45, 7) is 5.10. The third kappa shape index (κ3) is 36.2. The molecule has 1 atom stereocenters. The molecule has 0 fully saturated rings. The normalized spacial score (nSPS) is 13.2. The highest BCUT2D eigenvalue weighted by Crippen LogP contribution is 2.11. The van der Waals surface area contributed by atoms with E-state index >= 15 is 0 Å². The molecule has 0 spiro atoms. The van der Waals surface area contributed by atoms with E-state index in [1.54, 1.807) is 0 Å². The minimum absolute atomic E-state index is 0.208. The lowest BCUT2D eigenvalue weighted by molar-refractivity contribution is -0.153. The highest BCUT2D eigenvalue weighted by Gasteiger charge is 2.12. The van der Waals surface area contributed by atoms with Crippen LogP contribution in [0.3, 0.4) is 0 Å². The zero-order valence-corrected chi connectivity index (χ0v) is 29.4. The molecule has 0 aliphatic rings. The molecular weight excluding hydrogens is 556 g/mol. The summed E-state index contributed by atoms with van der Waals surface area (Å²) in [5.41, 5.74) is 0. The van der Waals surface area contributed by atoms with Crippen molar-refractivity contribution in [3.8, 4) is 0 Å². The molecule has 0 heterocycles. The predicted molar refractivity (Wildman–Crippen MR) is 196 cm³/mol. The van der Waals surface area contributed by atoms with E-state index in [2.05, 4.69) is 74.6 Å². The second-order valence-corrected chi connectivity index (χ2v) is 11.9. The van der Waals surface area contributed by atoms with Crippen LogP contribution in [0.4, 0.5) is 0 Å². The molecular formula is C41H70O4. The van der Waals surface area contributed by atoms with E-state index in [9.17, 15) is 9.90 Å². The topological polar surface area (TPSA) is 55.8 Å². The first kappa shape index (κ1) is 42.8. The average molecular weight is 627 g/mol. The SMILES string of the molecule is CC/C=C\C/C=C\C/C=C\C/C=C\C/C=C\CC(=O)OC(CO)COCCCCCCCCCC/C=C\CCCCCCCC. The van der Waals surface area contributed by atoms with Crippen LogP contribution in [-0.4, -0.2) is 37.0 Å². The Balaban J connectivity index is 3.58. The van der Waals surface area contributed by atoms with Gasteiger partial charge in [-0.2, -0.15) is 0 Å². The Kier molecular flexibility index (Phi) is 36.2. The number of hydrogen-bond donors (Lipinski definition) is 1. The van der Waals surface area contributed by atoms with Crippen molar-refractivity contribution in [3.05, 3.63) is 72.9 Å². The highest BCUT2D eigenvalue weighted by molar-refractivity contribution is 5.71. The van der Waals surface area contributed by atoms with Gasteiger partial charge in [0.05, 0.1) is 19.6 Å². The number of carbonyl (C=O) groups excluding carboxylic acids is 1. The minimum atomic E-state index is -0.592. The minimum Gasteiger partial charge on any atom is -0.457 e. The molecule has 0 saturated heterocycles. The number of carbonyl (C=O) groups is 1. The summed E-state index contributed by atoms with van der Waals surface area (Å²) in [5, 5.41) is 9.54. The summed E-state index contributed by atoms with van der Waals surface area (Å²) < 4.78 is 11.0. The molecule has 0 aromatic carbocycles. The summed E-state index contributed by atoms with van der Waals surface area (Å²) in [7, 11) is 0. The smallest absolute Gasteiger partial charge is 0.310 e. The van der Waals surface area contributed by atoms with Gasteiger partial charge in [-0.3, -0.25) is 4.79 Å². The summed E-state index contributed by atoms with van der Waals surface area (Å²) in [6, 6.07) is 0. The number of aliphatic hydroxyl groups is 1. The van der Waals surface area contributed by atoms with E-state index in [1.807, 2.05) is 12.2 Å². The lowest BCUT2D eigenvalue weighted by atomic mass is 10.1. The van der Waals surface area contributed by atoms with E-state index in [0.29, 0.717) is 6.61 Å². The first-order valence-electron chi connectivity index (χ1n) is 18.5. The molecule has 0 radical (unpaired) electrons. The van der Waals surface area contributed by atoms with E-state index in [1.165, 1.54) is 89.9 Å². The molecule has 0 aliphatic heterocycles. The number of rotatable bonds is 33. The predicted octanol–water partition coefficient (Wildman–Crippen LogP) is 11.9. The van der Waals surface area contributed by atoms with Crippen molar-refractivity contribution in [1.82, 2.24) is 0 Å². The molecule has 4 heteroatoms. The van der Waals surface area contributed by atoms with Gasteiger partial charge < -0.3 is 14.6 Å². The molecule has 0 aromatic rings. The van der Waals surface area contributed by atoms with Crippen molar-refractivity contribution in [2.45, 2.75) is 161 Å². The Hall–Kier alpha value is -2.17. The van der Waals surface area contributed by atoms with Crippen LogP contribution in [0.2, 0.25) is 0 Å². The van der Waals surface area contributed by atoms with Gasteiger partial charge in [-0.25, -0.2) is 0 Å². The maximum absolute atomic E-state index is 12.1. The molecule has 0 rings (SSSR count). The quantitative estimate of drug-likeness (QED) is 0.0447. The van der Waals surface area contributed by atoms with Gasteiger partial charge in [-0.1, -0.05) is 157 Å². The molecule has 45 heavy (non-hydrogen) atoms. The van der Waals surface area contributed by atoms with E-state index in [-0.39, 0.29) is 25.6 Å². The molecule has 0 amide bonds. The van der Waals surface area contributed by atoms with Crippen LogP contribution < -0.4 is 0 Å². The number of hydrogen-bond acceptors (Lipinski definition) is 4. The average Bonchev–Trinajstić information content (AvgIpc) is 3.05. The molecule has 4 nitrogen and oxygen atoms in total. The second-order valence-electron chi connectivity index (χ2n) is 11.9. The summed E-state index contributed by atoms with van der Waals surface area (Å²) in [5.74, 6) is -0.330. The van der Waals surface area contributed by atoms with Crippen LogP contribution >= 0.6 is 0 Å². The summed E-state index contributed by atoms with van der Waals surface area (Å²) in [4.78, 5) is 12.1. The fraction of sp³-hybridized carbons (Fsp3) is 0.683. The molecule has 0 bridgehead atoms. The van der Waals surface area contributed by atoms with E-state index < -0.39 is 6.10 Å². The highest BCUT2D eigenvalue weighted by atomic mass is 16.6. The number of esters is 1. The van der Waals surface area contributed by atoms with Gasteiger partial charge in [0, 0.05) is 6.61 Å². The molecule has 1 N–H and O–H groups in total. The van der Waals surface area contributed by atoms with Crippen molar-refractivity contribution >= 4 is 5.97 Å². The zero-order chi connectivity index (χ0) is 32.7. The number of aliphatic hydroxyl groups excluding tert-OH is 1. The summed E-state index contributed by atoms with van der Waals surface area (Å²) in [6.07, 6.45) is 51.1.